The molecule has 0 aromatic heterocycles. The van der Waals surface area contributed by atoms with Crippen molar-refractivity contribution in [2.24, 2.45) is 5.92 Å². The Morgan fingerprint density at radius 2 is 1.62 bits per heavy atom. The molecule has 1 rings (SSSR count). The van der Waals surface area contributed by atoms with E-state index in [1.165, 1.54) is 44.2 Å². The average Bonchev–Trinajstić information content (AvgIpc) is 2.63. The number of rotatable bonds is 9. The molecule has 0 aliphatic rings. The molecule has 26 heavy (non-hydrogen) atoms. The van der Waals surface area contributed by atoms with E-state index in [0.29, 0.717) is 12.0 Å². The summed E-state index contributed by atoms with van der Waals surface area (Å²) in [6.07, 6.45) is 13.9. The van der Waals surface area contributed by atoms with Gasteiger partial charge in [-0.15, -0.1) is 6.42 Å². The number of hydrogen-bond donors (Lipinski definition) is 2. The maximum Gasteiger partial charge on any atom is 0.119 e. The number of terminal acetylenes is 1. The fraction of sp³-hybridized carbons (Fsp3) is 0.417. The predicted octanol–water partition coefficient (Wildman–Crippen LogP) is 4.65. The van der Waals surface area contributed by atoms with Crippen LogP contribution in [0.15, 0.2) is 18.2 Å². The first-order chi connectivity index (χ1) is 12.7. The minimum Gasteiger partial charge on any atom is -0.508 e. The lowest BCUT2D eigenvalue weighted by molar-refractivity contribution is 0.447. The van der Waals surface area contributed by atoms with E-state index < -0.39 is 0 Å². The fourth-order valence-electron chi connectivity index (χ4n) is 2.67. The molecule has 134 valence electrons. The largest absolute Gasteiger partial charge is 0.508 e. The molecule has 0 aliphatic carbocycles. The molecular weight excluding hydrogens is 320 g/mol. The first-order valence-electron chi connectivity index (χ1n) is 9.14. The van der Waals surface area contributed by atoms with Crippen molar-refractivity contribution in [2.45, 2.75) is 58.3 Å². The number of phenols is 2. The lowest BCUT2D eigenvalue weighted by atomic mass is 9.93. The summed E-state index contributed by atoms with van der Waals surface area (Å²) in [6, 6.07) is 4.58. The Hall–Kier alpha value is -2.94. The van der Waals surface area contributed by atoms with Crippen LogP contribution in [0.3, 0.4) is 0 Å². The van der Waals surface area contributed by atoms with Crippen LogP contribution in [0.2, 0.25) is 0 Å². The predicted molar refractivity (Wildman–Crippen MR) is 107 cm³/mol. The van der Waals surface area contributed by atoms with Crippen molar-refractivity contribution in [3.63, 3.8) is 0 Å². The quantitative estimate of drug-likeness (QED) is 0.388. The average molecular weight is 346 g/mol. The van der Waals surface area contributed by atoms with Crippen molar-refractivity contribution in [3.8, 4) is 59.4 Å². The molecule has 0 bridgehead atoms. The van der Waals surface area contributed by atoms with Gasteiger partial charge in [-0.3, -0.25) is 0 Å². The summed E-state index contributed by atoms with van der Waals surface area (Å²) in [4.78, 5) is 0. The van der Waals surface area contributed by atoms with Gasteiger partial charge < -0.3 is 10.2 Å². The molecule has 0 radical (unpaired) electrons. The summed E-state index contributed by atoms with van der Waals surface area (Å²) in [5.41, 5.74) is 0.704. The van der Waals surface area contributed by atoms with Crippen molar-refractivity contribution < 1.29 is 10.2 Å². The molecule has 1 aromatic rings. The standard InChI is InChI=1S/C24H26O2/c1-3-5-7-9-11-13-15-21(16-14-12-10-8-6-4-2)19-22-20-23(25)17-18-24(22)26/h1,17-18,20-21,25-26H,4,6,8,10,12,14,16,19H2,2H3. The van der Waals surface area contributed by atoms with Gasteiger partial charge in [0.1, 0.15) is 11.5 Å². The summed E-state index contributed by atoms with van der Waals surface area (Å²) in [5, 5.41) is 19.6. The molecule has 0 saturated carbocycles. The maximum absolute atomic E-state index is 10.00. The van der Waals surface area contributed by atoms with Gasteiger partial charge in [0.2, 0.25) is 0 Å². The number of hydrogen-bond acceptors (Lipinski definition) is 2. The number of benzene rings is 1. The van der Waals surface area contributed by atoms with Gasteiger partial charge in [-0.1, -0.05) is 51.4 Å². The zero-order chi connectivity index (χ0) is 19.0. The second kappa shape index (κ2) is 13.4. The van der Waals surface area contributed by atoms with Gasteiger partial charge in [-0.05, 0) is 72.1 Å². The fourth-order valence-corrected chi connectivity index (χ4v) is 2.67. The summed E-state index contributed by atoms with van der Waals surface area (Å²) in [5.74, 6) is 18.8. The number of unbranched alkanes of at least 4 members (excludes halogenated alkanes) is 5. The van der Waals surface area contributed by atoms with Gasteiger partial charge in [0.15, 0.2) is 0 Å². The molecule has 2 N–H and O–H groups in total. The van der Waals surface area contributed by atoms with Crippen molar-refractivity contribution >= 4 is 0 Å². The van der Waals surface area contributed by atoms with Crippen LogP contribution >= 0.6 is 0 Å². The highest BCUT2D eigenvalue weighted by Gasteiger charge is 2.11. The first-order valence-corrected chi connectivity index (χ1v) is 9.14. The second-order valence-electron chi connectivity index (χ2n) is 6.18. The van der Waals surface area contributed by atoms with Crippen LogP contribution < -0.4 is 0 Å². The molecule has 0 fully saturated rings. The van der Waals surface area contributed by atoms with E-state index in [4.69, 9.17) is 6.42 Å². The molecule has 1 aromatic carbocycles. The summed E-state index contributed by atoms with van der Waals surface area (Å²) in [6.45, 7) is 2.21. The SMILES string of the molecule is C#CC#CC#CC#CC(CCCCCCCC)Cc1cc(O)ccc1O. The van der Waals surface area contributed by atoms with Gasteiger partial charge in [-0.25, -0.2) is 0 Å². The van der Waals surface area contributed by atoms with E-state index in [1.807, 2.05) is 0 Å². The highest BCUT2D eigenvalue weighted by Crippen LogP contribution is 2.26. The zero-order valence-electron chi connectivity index (χ0n) is 15.4. The first kappa shape index (κ1) is 21.1. The third kappa shape index (κ3) is 9.38. The number of phenolic OH excluding ortho intramolecular Hbond substituents is 2. The normalized spacial score (nSPS) is 10.2. The number of aromatic hydroxyl groups is 2. The molecule has 1 atom stereocenters. The molecular formula is C24H26O2. The van der Waals surface area contributed by atoms with Crippen LogP contribution in [0.4, 0.5) is 0 Å². The smallest absolute Gasteiger partial charge is 0.119 e. The molecule has 0 aliphatic heterocycles. The maximum atomic E-state index is 10.00. The Morgan fingerprint density at radius 3 is 2.38 bits per heavy atom. The Balaban J connectivity index is 2.71. The van der Waals surface area contributed by atoms with E-state index >= 15 is 0 Å². The minimum atomic E-state index is 0.0729. The molecule has 2 heteroatoms. The molecule has 0 saturated heterocycles. The van der Waals surface area contributed by atoms with E-state index in [2.05, 4.69) is 48.4 Å². The van der Waals surface area contributed by atoms with Gasteiger partial charge in [0.25, 0.3) is 0 Å². The van der Waals surface area contributed by atoms with Gasteiger partial charge in [0, 0.05) is 5.92 Å². The molecule has 0 amide bonds. The van der Waals surface area contributed by atoms with Gasteiger partial charge in [-0.2, -0.15) is 0 Å². The Bertz CT molecular complexity index is 779. The van der Waals surface area contributed by atoms with Crippen molar-refractivity contribution in [2.75, 3.05) is 0 Å². The monoisotopic (exact) mass is 346 g/mol. The third-order valence-electron chi connectivity index (χ3n) is 4.03. The van der Waals surface area contributed by atoms with Crippen molar-refractivity contribution in [3.05, 3.63) is 23.8 Å². The Morgan fingerprint density at radius 1 is 0.923 bits per heavy atom. The molecule has 2 nitrogen and oxygen atoms in total. The highest BCUT2D eigenvalue weighted by atomic mass is 16.3. The Labute approximate surface area is 158 Å². The zero-order valence-corrected chi connectivity index (χ0v) is 15.4. The lowest BCUT2D eigenvalue weighted by Gasteiger charge is -2.12. The van der Waals surface area contributed by atoms with Gasteiger partial charge >= 0.3 is 0 Å². The second-order valence-corrected chi connectivity index (χ2v) is 6.18. The van der Waals surface area contributed by atoms with E-state index in [9.17, 15) is 10.2 Å². The van der Waals surface area contributed by atoms with Crippen LogP contribution in [-0.4, -0.2) is 10.2 Å². The molecule has 1 unspecified atom stereocenters. The van der Waals surface area contributed by atoms with E-state index in [-0.39, 0.29) is 17.4 Å². The van der Waals surface area contributed by atoms with Crippen molar-refractivity contribution in [1.82, 2.24) is 0 Å². The van der Waals surface area contributed by atoms with Crippen LogP contribution in [0.5, 0.6) is 11.5 Å². The topological polar surface area (TPSA) is 40.5 Å². The van der Waals surface area contributed by atoms with Crippen LogP contribution in [0, 0.1) is 53.8 Å². The van der Waals surface area contributed by atoms with E-state index in [1.54, 1.807) is 6.07 Å². The van der Waals surface area contributed by atoms with E-state index in [0.717, 1.165) is 12.8 Å². The van der Waals surface area contributed by atoms with Crippen molar-refractivity contribution in [1.29, 1.82) is 0 Å². The van der Waals surface area contributed by atoms with Gasteiger partial charge in [0.05, 0.1) is 0 Å². The molecule has 0 spiro atoms. The summed E-state index contributed by atoms with van der Waals surface area (Å²) < 4.78 is 0. The highest BCUT2D eigenvalue weighted by molar-refractivity contribution is 5.41. The third-order valence-corrected chi connectivity index (χ3v) is 4.03. The van der Waals surface area contributed by atoms with Crippen LogP contribution in [0.1, 0.15) is 57.4 Å². The minimum absolute atomic E-state index is 0.0729. The summed E-state index contributed by atoms with van der Waals surface area (Å²) >= 11 is 0. The molecule has 0 heterocycles. The van der Waals surface area contributed by atoms with Crippen LogP contribution in [0.25, 0.3) is 0 Å². The Kier molecular flexibility index (Phi) is 10.8. The summed E-state index contributed by atoms with van der Waals surface area (Å²) in [7, 11) is 0. The lowest BCUT2D eigenvalue weighted by Crippen LogP contribution is -2.03. The van der Waals surface area contributed by atoms with Crippen LogP contribution in [-0.2, 0) is 6.42 Å².